The predicted molar refractivity (Wildman–Crippen MR) is 111 cm³/mol. The van der Waals surface area contributed by atoms with E-state index in [-0.39, 0.29) is 31.7 Å². The largest absolute Gasteiger partial charge is 0.480 e. The summed E-state index contributed by atoms with van der Waals surface area (Å²) < 4.78 is 10.7. The first-order valence-electron chi connectivity index (χ1n) is 10.0. The van der Waals surface area contributed by atoms with E-state index in [4.69, 9.17) is 9.47 Å². The second-order valence-corrected chi connectivity index (χ2v) is 7.63. The first-order chi connectivity index (χ1) is 14.4. The van der Waals surface area contributed by atoms with Crippen LogP contribution in [0.15, 0.2) is 48.5 Å². The summed E-state index contributed by atoms with van der Waals surface area (Å²) in [4.78, 5) is 23.8. The highest BCUT2D eigenvalue weighted by molar-refractivity contribution is 5.81. The molecule has 2 aromatic carbocycles. The van der Waals surface area contributed by atoms with Crippen molar-refractivity contribution in [3.63, 3.8) is 0 Å². The van der Waals surface area contributed by atoms with Crippen molar-refractivity contribution in [1.82, 2.24) is 5.32 Å². The number of carboxylic acids is 1. The molecule has 0 saturated heterocycles. The van der Waals surface area contributed by atoms with E-state index in [9.17, 15) is 19.8 Å². The van der Waals surface area contributed by atoms with Gasteiger partial charge in [-0.25, -0.2) is 9.59 Å². The number of amides is 1. The number of carbonyl (C=O) groups is 2. The van der Waals surface area contributed by atoms with E-state index in [1.165, 1.54) is 0 Å². The Bertz CT molecular complexity index is 851. The van der Waals surface area contributed by atoms with Gasteiger partial charge in [0, 0.05) is 12.3 Å². The number of aliphatic hydroxyl groups is 1. The van der Waals surface area contributed by atoms with Gasteiger partial charge in [-0.1, -0.05) is 48.5 Å². The summed E-state index contributed by atoms with van der Waals surface area (Å²) in [6.45, 7) is 3.71. The molecule has 0 aliphatic heterocycles. The highest BCUT2D eigenvalue weighted by atomic mass is 16.5. The van der Waals surface area contributed by atoms with Crippen LogP contribution in [-0.4, -0.2) is 53.7 Å². The first kappa shape index (κ1) is 21.8. The maximum Gasteiger partial charge on any atom is 0.407 e. The number of hydrogen-bond acceptors (Lipinski definition) is 5. The minimum atomic E-state index is -1.27. The van der Waals surface area contributed by atoms with Crippen molar-refractivity contribution >= 4 is 12.1 Å². The van der Waals surface area contributed by atoms with Crippen molar-refractivity contribution < 1.29 is 29.3 Å². The van der Waals surface area contributed by atoms with Crippen LogP contribution in [0.1, 0.15) is 37.3 Å². The zero-order chi connectivity index (χ0) is 21.7. The van der Waals surface area contributed by atoms with E-state index < -0.39 is 24.2 Å². The fraction of sp³-hybridized carbons (Fsp3) is 0.391. The van der Waals surface area contributed by atoms with Crippen LogP contribution in [0, 0.1) is 0 Å². The fourth-order valence-electron chi connectivity index (χ4n) is 3.65. The second-order valence-electron chi connectivity index (χ2n) is 7.63. The summed E-state index contributed by atoms with van der Waals surface area (Å²) in [6, 6.07) is 14.6. The maximum atomic E-state index is 12.3. The number of alkyl carbamates (subject to hydrolysis) is 1. The number of fused-ring (bicyclic) bond motifs is 3. The van der Waals surface area contributed by atoms with Gasteiger partial charge in [-0.3, -0.25) is 0 Å². The summed E-state index contributed by atoms with van der Waals surface area (Å²) >= 11 is 0. The number of aliphatic carboxylic acids is 1. The zero-order valence-electron chi connectivity index (χ0n) is 17.1. The molecule has 0 spiro atoms. The van der Waals surface area contributed by atoms with Crippen LogP contribution in [0.25, 0.3) is 11.1 Å². The molecular weight excluding hydrogens is 386 g/mol. The molecular formula is C23H27NO6. The molecule has 1 aliphatic carbocycles. The molecule has 1 amide bonds. The van der Waals surface area contributed by atoms with Crippen molar-refractivity contribution in [3.8, 4) is 11.1 Å². The topological polar surface area (TPSA) is 105 Å². The normalized spacial score (nSPS) is 14.7. The molecule has 2 unspecified atom stereocenters. The molecule has 30 heavy (non-hydrogen) atoms. The molecule has 0 radical (unpaired) electrons. The van der Waals surface area contributed by atoms with Crippen LogP contribution in [0.4, 0.5) is 4.79 Å². The third kappa shape index (κ3) is 5.17. The summed E-state index contributed by atoms with van der Waals surface area (Å²) in [5.41, 5.74) is 4.36. The first-order valence-corrected chi connectivity index (χ1v) is 10.0. The second kappa shape index (κ2) is 9.73. The van der Waals surface area contributed by atoms with E-state index in [1.807, 2.05) is 62.4 Å². The fourth-order valence-corrected chi connectivity index (χ4v) is 3.65. The van der Waals surface area contributed by atoms with Crippen LogP contribution < -0.4 is 5.32 Å². The predicted octanol–water partition coefficient (Wildman–Crippen LogP) is 3.15. The van der Waals surface area contributed by atoms with Crippen molar-refractivity contribution in [2.75, 3.05) is 13.2 Å². The molecule has 7 nitrogen and oxygen atoms in total. The quantitative estimate of drug-likeness (QED) is 0.583. The van der Waals surface area contributed by atoms with E-state index in [0.717, 1.165) is 22.3 Å². The van der Waals surface area contributed by atoms with Gasteiger partial charge in [-0.05, 0) is 36.1 Å². The highest BCUT2D eigenvalue weighted by Crippen LogP contribution is 2.44. The lowest BCUT2D eigenvalue weighted by Crippen LogP contribution is -2.44. The lowest BCUT2D eigenvalue weighted by molar-refractivity contribution is -0.140. The third-order valence-electron chi connectivity index (χ3n) is 5.06. The van der Waals surface area contributed by atoms with Gasteiger partial charge in [0.25, 0.3) is 0 Å². The van der Waals surface area contributed by atoms with E-state index in [1.54, 1.807) is 0 Å². The van der Waals surface area contributed by atoms with Crippen molar-refractivity contribution in [3.05, 3.63) is 59.7 Å². The molecule has 7 heteroatoms. The van der Waals surface area contributed by atoms with Crippen molar-refractivity contribution in [2.45, 2.75) is 44.4 Å². The summed E-state index contributed by atoms with van der Waals surface area (Å²) in [6.07, 6.45) is -2.10. The number of rotatable bonds is 9. The number of hydrogen-bond donors (Lipinski definition) is 3. The van der Waals surface area contributed by atoms with E-state index in [2.05, 4.69) is 5.32 Å². The van der Waals surface area contributed by atoms with Crippen LogP contribution in [-0.2, 0) is 14.3 Å². The molecule has 1 aliphatic rings. The Hall–Kier alpha value is -2.90. The van der Waals surface area contributed by atoms with Gasteiger partial charge in [0.15, 0.2) is 0 Å². The lowest BCUT2D eigenvalue weighted by atomic mass is 9.98. The lowest BCUT2D eigenvalue weighted by Gasteiger charge is -2.20. The van der Waals surface area contributed by atoms with Crippen LogP contribution in [0.3, 0.4) is 0 Å². The molecule has 3 N–H and O–H groups in total. The minimum absolute atomic E-state index is 0.00613. The van der Waals surface area contributed by atoms with Gasteiger partial charge in [0.2, 0.25) is 0 Å². The minimum Gasteiger partial charge on any atom is -0.480 e. The molecule has 0 aromatic heterocycles. The van der Waals surface area contributed by atoms with E-state index in [0.29, 0.717) is 0 Å². The van der Waals surface area contributed by atoms with Crippen molar-refractivity contribution in [2.24, 2.45) is 0 Å². The zero-order valence-corrected chi connectivity index (χ0v) is 17.1. The molecule has 2 atom stereocenters. The van der Waals surface area contributed by atoms with Crippen LogP contribution in [0.5, 0.6) is 0 Å². The van der Waals surface area contributed by atoms with Gasteiger partial charge in [-0.15, -0.1) is 0 Å². The molecule has 0 fully saturated rings. The molecule has 3 rings (SSSR count). The Labute approximate surface area is 175 Å². The molecule has 0 heterocycles. The average molecular weight is 413 g/mol. The smallest absolute Gasteiger partial charge is 0.407 e. The Morgan fingerprint density at radius 1 is 1.03 bits per heavy atom. The maximum absolute atomic E-state index is 12.3. The Balaban J connectivity index is 1.60. The summed E-state index contributed by atoms with van der Waals surface area (Å²) in [5, 5.41) is 21.7. The van der Waals surface area contributed by atoms with Gasteiger partial charge in [0.05, 0.1) is 18.8 Å². The Morgan fingerprint density at radius 3 is 2.13 bits per heavy atom. The van der Waals surface area contributed by atoms with Gasteiger partial charge >= 0.3 is 12.1 Å². The average Bonchev–Trinajstić information content (AvgIpc) is 3.04. The van der Waals surface area contributed by atoms with Crippen molar-refractivity contribution in [1.29, 1.82) is 0 Å². The number of aliphatic hydroxyl groups excluding tert-OH is 1. The van der Waals surface area contributed by atoms with E-state index >= 15 is 0 Å². The number of nitrogens with one attached hydrogen (secondary N) is 1. The van der Waals surface area contributed by atoms with Crippen LogP contribution in [0.2, 0.25) is 0 Å². The molecule has 160 valence electrons. The number of carboxylic acid groups (broad SMARTS) is 1. The van der Waals surface area contributed by atoms with Gasteiger partial charge in [-0.2, -0.15) is 0 Å². The number of benzene rings is 2. The molecule has 0 bridgehead atoms. The van der Waals surface area contributed by atoms with Gasteiger partial charge < -0.3 is 25.0 Å². The summed E-state index contributed by atoms with van der Waals surface area (Å²) in [5.74, 6) is -1.36. The molecule has 0 saturated carbocycles. The number of ether oxygens (including phenoxy) is 2. The third-order valence-corrected chi connectivity index (χ3v) is 5.06. The van der Waals surface area contributed by atoms with Gasteiger partial charge in [0.1, 0.15) is 12.6 Å². The standard InChI is InChI=1S/C23H27NO6/c1-14(2)29-12-15(25)11-21(22(26)27)24-23(28)30-13-20-18-9-5-3-7-16(18)17-8-4-6-10-19(17)20/h3-10,14-15,20-21,25H,11-13H2,1-2H3,(H,24,28)(H,26,27). The Morgan fingerprint density at radius 2 is 1.60 bits per heavy atom. The molecule has 2 aromatic rings. The Kier molecular flexibility index (Phi) is 7.07. The monoisotopic (exact) mass is 413 g/mol. The highest BCUT2D eigenvalue weighted by Gasteiger charge is 2.30. The van der Waals surface area contributed by atoms with Crippen LogP contribution >= 0.6 is 0 Å². The SMILES string of the molecule is CC(C)OCC(O)CC(NC(=O)OCC1c2ccccc2-c2ccccc21)C(=O)O. The summed E-state index contributed by atoms with van der Waals surface area (Å²) in [7, 11) is 0. The number of carbonyl (C=O) groups excluding carboxylic acids is 1.